The third-order valence-electron chi connectivity index (χ3n) is 2.24. The molecule has 0 spiro atoms. The Bertz CT molecular complexity index is 626. The Kier molecular flexibility index (Phi) is 4.07. The highest BCUT2D eigenvalue weighted by atomic mass is 79.9. The molecule has 0 saturated heterocycles. The fourth-order valence-corrected chi connectivity index (χ4v) is 2.09. The van der Waals surface area contributed by atoms with E-state index in [0.717, 1.165) is 6.07 Å². The fourth-order valence-electron chi connectivity index (χ4n) is 1.47. The predicted octanol–water partition coefficient (Wildman–Crippen LogP) is 4.73. The zero-order valence-corrected chi connectivity index (χ0v) is 11.7. The zero-order valence-electron chi connectivity index (χ0n) is 9.36. The molecule has 2 aromatic rings. The molecule has 98 valence electrons. The Labute approximate surface area is 121 Å². The smallest absolute Gasteiger partial charge is 0.339 e. The van der Waals surface area contributed by atoms with Crippen molar-refractivity contribution in [1.29, 1.82) is 0 Å². The Morgan fingerprint density at radius 1 is 1.26 bits per heavy atom. The van der Waals surface area contributed by atoms with E-state index < -0.39 is 11.8 Å². The average Bonchev–Trinajstić information content (AvgIpc) is 2.30. The average molecular weight is 346 g/mol. The van der Waals surface area contributed by atoms with E-state index in [4.69, 9.17) is 21.4 Å². The van der Waals surface area contributed by atoms with Crippen molar-refractivity contribution in [1.82, 2.24) is 0 Å². The quantitative estimate of drug-likeness (QED) is 0.874. The first-order chi connectivity index (χ1) is 8.95. The number of carbonyl (C=O) groups is 1. The molecule has 6 heteroatoms. The second-order valence-corrected chi connectivity index (χ2v) is 5.00. The fraction of sp³-hybridized carbons (Fsp3) is 0. The summed E-state index contributed by atoms with van der Waals surface area (Å²) in [5, 5.41) is 9.34. The first kappa shape index (κ1) is 13.8. The highest BCUT2D eigenvalue weighted by Gasteiger charge is 2.13. The molecule has 0 radical (unpaired) electrons. The van der Waals surface area contributed by atoms with E-state index in [1.54, 1.807) is 0 Å². The maximum atomic E-state index is 13.2. The van der Waals surface area contributed by atoms with Crippen molar-refractivity contribution < 1.29 is 19.0 Å². The van der Waals surface area contributed by atoms with Crippen molar-refractivity contribution in [2.75, 3.05) is 0 Å². The van der Waals surface area contributed by atoms with Crippen LogP contribution in [-0.4, -0.2) is 11.1 Å². The summed E-state index contributed by atoms with van der Waals surface area (Å²) < 4.78 is 19.1. The van der Waals surface area contributed by atoms with Gasteiger partial charge in [0.2, 0.25) is 0 Å². The molecular weight excluding hydrogens is 338 g/mol. The molecule has 0 amide bonds. The molecule has 0 aliphatic heterocycles. The van der Waals surface area contributed by atoms with Gasteiger partial charge in [-0.1, -0.05) is 27.5 Å². The second-order valence-electron chi connectivity index (χ2n) is 3.65. The molecule has 0 fully saturated rings. The van der Waals surface area contributed by atoms with E-state index in [0.29, 0.717) is 4.47 Å². The molecule has 0 aliphatic rings. The minimum Gasteiger partial charge on any atom is -0.478 e. The summed E-state index contributed by atoms with van der Waals surface area (Å²) in [5.41, 5.74) is -0.0899. The lowest BCUT2D eigenvalue weighted by molar-refractivity contribution is 0.0694. The largest absolute Gasteiger partial charge is 0.478 e. The molecule has 19 heavy (non-hydrogen) atoms. The summed E-state index contributed by atoms with van der Waals surface area (Å²) in [6.45, 7) is 0. The number of hydrogen-bond donors (Lipinski definition) is 1. The van der Waals surface area contributed by atoms with Crippen LogP contribution in [0.4, 0.5) is 4.39 Å². The number of hydrogen-bond acceptors (Lipinski definition) is 2. The summed E-state index contributed by atoms with van der Waals surface area (Å²) >= 11 is 8.86. The second kappa shape index (κ2) is 5.59. The maximum Gasteiger partial charge on any atom is 0.339 e. The lowest BCUT2D eigenvalue weighted by Gasteiger charge is -2.09. The SMILES string of the molecule is O=C(O)c1cc(Cl)ccc1Oc1cc(F)cc(Br)c1. The normalized spacial score (nSPS) is 10.3. The van der Waals surface area contributed by atoms with Crippen molar-refractivity contribution >= 4 is 33.5 Å². The lowest BCUT2D eigenvalue weighted by Crippen LogP contribution is -2.00. The van der Waals surface area contributed by atoms with Gasteiger partial charge in [-0.2, -0.15) is 0 Å². The van der Waals surface area contributed by atoms with Crippen LogP contribution in [0.15, 0.2) is 40.9 Å². The molecule has 2 rings (SSSR count). The van der Waals surface area contributed by atoms with Gasteiger partial charge in [0.05, 0.1) is 0 Å². The van der Waals surface area contributed by atoms with Crippen LogP contribution in [-0.2, 0) is 0 Å². The van der Waals surface area contributed by atoms with Crippen LogP contribution >= 0.6 is 27.5 Å². The Balaban J connectivity index is 2.40. The summed E-state index contributed by atoms with van der Waals surface area (Å²) in [7, 11) is 0. The number of halogens is 3. The van der Waals surface area contributed by atoms with Gasteiger partial charge in [0.15, 0.2) is 0 Å². The number of carboxylic acid groups (broad SMARTS) is 1. The molecule has 0 unspecified atom stereocenters. The number of benzene rings is 2. The van der Waals surface area contributed by atoms with Crippen LogP contribution in [0.5, 0.6) is 11.5 Å². The van der Waals surface area contributed by atoms with Gasteiger partial charge in [-0.25, -0.2) is 9.18 Å². The van der Waals surface area contributed by atoms with E-state index in [2.05, 4.69) is 15.9 Å². The van der Waals surface area contributed by atoms with Gasteiger partial charge in [0.25, 0.3) is 0 Å². The predicted molar refractivity (Wildman–Crippen MR) is 72.6 cm³/mol. The van der Waals surface area contributed by atoms with Gasteiger partial charge < -0.3 is 9.84 Å². The van der Waals surface area contributed by atoms with E-state index in [1.807, 2.05) is 0 Å². The summed E-state index contributed by atoms with van der Waals surface area (Å²) in [6.07, 6.45) is 0. The van der Waals surface area contributed by atoms with Crippen molar-refractivity contribution in [2.24, 2.45) is 0 Å². The first-order valence-electron chi connectivity index (χ1n) is 5.12. The van der Waals surface area contributed by atoms with Crippen LogP contribution in [0.2, 0.25) is 5.02 Å². The van der Waals surface area contributed by atoms with Gasteiger partial charge >= 0.3 is 5.97 Å². The summed E-state index contributed by atoms with van der Waals surface area (Å²) in [6, 6.07) is 8.15. The van der Waals surface area contributed by atoms with Gasteiger partial charge in [0, 0.05) is 15.6 Å². The molecule has 0 heterocycles. The number of carboxylic acids is 1. The van der Waals surface area contributed by atoms with Crippen molar-refractivity contribution in [3.05, 3.63) is 57.3 Å². The molecule has 0 atom stereocenters. The van der Waals surface area contributed by atoms with Gasteiger partial charge in [-0.3, -0.25) is 0 Å². The molecular formula is C13H7BrClFO3. The molecule has 0 aromatic heterocycles. The molecule has 0 saturated carbocycles. The third-order valence-corrected chi connectivity index (χ3v) is 2.93. The van der Waals surface area contributed by atoms with E-state index in [1.165, 1.54) is 30.3 Å². The van der Waals surface area contributed by atoms with Crippen molar-refractivity contribution in [2.45, 2.75) is 0 Å². The Morgan fingerprint density at radius 3 is 2.63 bits per heavy atom. The molecule has 2 aromatic carbocycles. The summed E-state index contributed by atoms with van der Waals surface area (Å²) in [4.78, 5) is 11.1. The molecule has 0 bridgehead atoms. The third kappa shape index (κ3) is 3.45. The highest BCUT2D eigenvalue weighted by Crippen LogP contribution is 2.30. The van der Waals surface area contributed by atoms with Crippen LogP contribution in [0.3, 0.4) is 0 Å². The van der Waals surface area contributed by atoms with Gasteiger partial charge in [-0.15, -0.1) is 0 Å². The maximum absolute atomic E-state index is 13.2. The molecule has 3 nitrogen and oxygen atoms in total. The Hall–Kier alpha value is -1.59. The standard InChI is InChI=1S/C13H7BrClFO3/c14-7-3-9(16)6-10(4-7)19-12-2-1-8(15)5-11(12)13(17)18/h1-6H,(H,17,18). The van der Waals surface area contributed by atoms with Crippen molar-refractivity contribution in [3.8, 4) is 11.5 Å². The van der Waals surface area contributed by atoms with Crippen LogP contribution < -0.4 is 4.74 Å². The topological polar surface area (TPSA) is 46.5 Å². The Morgan fingerprint density at radius 2 is 2.00 bits per heavy atom. The van der Waals surface area contributed by atoms with Gasteiger partial charge in [-0.05, 0) is 30.3 Å². The minimum atomic E-state index is -1.17. The highest BCUT2D eigenvalue weighted by molar-refractivity contribution is 9.10. The number of ether oxygens (including phenoxy) is 1. The van der Waals surface area contributed by atoms with E-state index in [-0.39, 0.29) is 22.1 Å². The monoisotopic (exact) mass is 344 g/mol. The van der Waals surface area contributed by atoms with Gasteiger partial charge in [0.1, 0.15) is 22.9 Å². The zero-order chi connectivity index (χ0) is 14.0. The molecule has 1 N–H and O–H groups in total. The van der Waals surface area contributed by atoms with Crippen LogP contribution in [0.1, 0.15) is 10.4 Å². The first-order valence-corrected chi connectivity index (χ1v) is 6.29. The lowest BCUT2D eigenvalue weighted by atomic mass is 10.2. The summed E-state index contributed by atoms with van der Waals surface area (Å²) in [5.74, 6) is -1.38. The number of rotatable bonds is 3. The van der Waals surface area contributed by atoms with Crippen molar-refractivity contribution in [3.63, 3.8) is 0 Å². The number of aromatic carboxylic acids is 1. The van der Waals surface area contributed by atoms with Crippen LogP contribution in [0, 0.1) is 5.82 Å². The van der Waals surface area contributed by atoms with Crippen LogP contribution in [0.25, 0.3) is 0 Å². The van der Waals surface area contributed by atoms with E-state index >= 15 is 0 Å². The minimum absolute atomic E-state index is 0.0899. The van der Waals surface area contributed by atoms with E-state index in [9.17, 15) is 9.18 Å². The molecule has 0 aliphatic carbocycles.